The highest BCUT2D eigenvalue weighted by Gasteiger charge is 2.29. The van der Waals surface area contributed by atoms with Gasteiger partial charge < -0.3 is 0 Å². The van der Waals surface area contributed by atoms with Crippen molar-refractivity contribution in [2.24, 2.45) is 10.8 Å². The molecule has 0 aliphatic heterocycles. The van der Waals surface area contributed by atoms with Crippen molar-refractivity contribution in [3.05, 3.63) is 23.3 Å². The molecule has 0 aromatic carbocycles. The number of Topliss-reactive ketones (excluding diaryl/α,β-unsaturated/α-hetero) is 1. The Bertz CT molecular complexity index is 297. The second kappa shape index (κ2) is 3.62. The second-order valence-electron chi connectivity index (χ2n) is 6.58. The monoisotopic (exact) mass is 206 g/mol. The number of hydrogen-bond acceptors (Lipinski definition) is 1. The summed E-state index contributed by atoms with van der Waals surface area (Å²) >= 11 is 0. The minimum absolute atomic E-state index is 0.109. The van der Waals surface area contributed by atoms with Crippen molar-refractivity contribution in [1.82, 2.24) is 0 Å². The summed E-state index contributed by atoms with van der Waals surface area (Å²) < 4.78 is 0. The van der Waals surface area contributed by atoms with Gasteiger partial charge in [0.05, 0.1) is 0 Å². The Balaban J connectivity index is 2.76. The van der Waals surface area contributed by atoms with Crippen molar-refractivity contribution >= 4 is 5.78 Å². The van der Waals surface area contributed by atoms with Crippen LogP contribution in [0.1, 0.15) is 48.0 Å². The Morgan fingerprint density at radius 3 is 1.40 bits per heavy atom. The molecule has 1 rings (SSSR count). The van der Waals surface area contributed by atoms with Crippen LogP contribution in [-0.4, -0.2) is 5.78 Å². The van der Waals surface area contributed by atoms with Gasteiger partial charge in [0.1, 0.15) is 0 Å². The highest BCUT2D eigenvalue weighted by Crippen LogP contribution is 2.34. The quantitative estimate of drug-likeness (QED) is 0.549. The molecule has 0 spiro atoms. The standard InChI is InChI=1S/C14H22O/c1-13(2,3)8-10-7-11(12(10)15)9-14(4,5)6/h8-9H,7H2,1-6H3/b10-8+,11-9+. The summed E-state index contributed by atoms with van der Waals surface area (Å²) in [6, 6.07) is 0. The molecule has 0 N–H and O–H groups in total. The molecule has 1 saturated carbocycles. The average Bonchev–Trinajstić information content (AvgIpc) is 1.97. The first-order valence-electron chi connectivity index (χ1n) is 5.57. The summed E-state index contributed by atoms with van der Waals surface area (Å²) in [7, 11) is 0. The van der Waals surface area contributed by atoms with Gasteiger partial charge in [-0.1, -0.05) is 53.7 Å². The van der Waals surface area contributed by atoms with Crippen LogP contribution in [0.15, 0.2) is 23.3 Å². The molecular formula is C14H22O. The number of ketones is 1. The predicted molar refractivity (Wildman–Crippen MR) is 64.7 cm³/mol. The van der Waals surface area contributed by atoms with E-state index in [1.807, 2.05) is 0 Å². The first-order chi connectivity index (χ1) is 6.58. The number of carbonyl (C=O) groups excluding carboxylic acids is 1. The van der Waals surface area contributed by atoms with Gasteiger partial charge in [-0.05, 0) is 10.8 Å². The Hall–Kier alpha value is -0.850. The summed E-state index contributed by atoms with van der Waals surface area (Å²) in [6.07, 6.45) is 5.04. The number of allylic oxidation sites excluding steroid dienone is 4. The van der Waals surface area contributed by atoms with Crippen LogP contribution in [0.3, 0.4) is 0 Å². The zero-order valence-corrected chi connectivity index (χ0v) is 10.8. The van der Waals surface area contributed by atoms with Gasteiger partial charge in [-0.3, -0.25) is 4.79 Å². The van der Waals surface area contributed by atoms with Gasteiger partial charge in [0.2, 0.25) is 0 Å². The lowest BCUT2D eigenvalue weighted by molar-refractivity contribution is -0.114. The Kier molecular flexibility index (Phi) is 2.95. The molecule has 0 aromatic rings. The normalized spacial score (nSPS) is 23.5. The van der Waals surface area contributed by atoms with E-state index in [1.165, 1.54) is 0 Å². The Morgan fingerprint density at radius 2 is 1.20 bits per heavy atom. The molecule has 1 fully saturated rings. The second-order valence-corrected chi connectivity index (χ2v) is 6.58. The molecule has 1 aliphatic carbocycles. The van der Waals surface area contributed by atoms with Gasteiger partial charge in [-0.15, -0.1) is 0 Å². The highest BCUT2D eigenvalue weighted by atomic mass is 16.1. The Morgan fingerprint density at radius 1 is 0.867 bits per heavy atom. The lowest BCUT2D eigenvalue weighted by Crippen LogP contribution is -2.23. The van der Waals surface area contributed by atoms with Crippen molar-refractivity contribution in [2.75, 3.05) is 0 Å². The summed E-state index contributed by atoms with van der Waals surface area (Å²) in [6.45, 7) is 12.7. The zero-order valence-electron chi connectivity index (χ0n) is 10.8. The van der Waals surface area contributed by atoms with E-state index in [0.717, 1.165) is 17.6 Å². The lowest BCUT2D eigenvalue weighted by atomic mass is 9.77. The van der Waals surface area contributed by atoms with Crippen molar-refractivity contribution in [3.63, 3.8) is 0 Å². The van der Waals surface area contributed by atoms with Crippen LogP contribution in [0.25, 0.3) is 0 Å². The largest absolute Gasteiger partial charge is 0.289 e. The molecule has 0 radical (unpaired) electrons. The predicted octanol–water partition coefficient (Wildman–Crippen LogP) is 3.90. The zero-order chi connectivity index (χ0) is 11.9. The molecule has 0 saturated heterocycles. The van der Waals surface area contributed by atoms with Crippen LogP contribution < -0.4 is 0 Å². The highest BCUT2D eigenvalue weighted by molar-refractivity contribution is 6.16. The van der Waals surface area contributed by atoms with Gasteiger partial charge in [-0.2, -0.15) is 0 Å². The van der Waals surface area contributed by atoms with Crippen LogP contribution in [0, 0.1) is 10.8 Å². The first kappa shape index (κ1) is 12.2. The maximum absolute atomic E-state index is 11.8. The van der Waals surface area contributed by atoms with E-state index in [4.69, 9.17) is 0 Å². The maximum Gasteiger partial charge on any atom is 0.185 e. The Labute approximate surface area is 93.3 Å². The van der Waals surface area contributed by atoms with Gasteiger partial charge in [0, 0.05) is 17.6 Å². The van der Waals surface area contributed by atoms with Crippen molar-refractivity contribution in [3.8, 4) is 0 Å². The van der Waals surface area contributed by atoms with Crippen molar-refractivity contribution in [1.29, 1.82) is 0 Å². The maximum atomic E-state index is 11.8. The molecule has 1 nitrogen and oxygen atoms in total. The van der Waals surface area contributed by atoms with E-state index in [9.17, 15) is 4.79 Å². The molecule has 0 bridgehead atoms. The van der Waals surface area contributed by atoms with Gasteiger partial charge in [0.25, 0.3) is 0 Å². The third-order valence-corrected chi connectivity index (χ3v) is 2.18. The fourth-order valence-electron chi connectivity index (χ4n) is 1.74. The van der Waals surface area contributed by atoms with E-state index in [2.05, 4.69) is 53.7 Å². The van der Waals surface area contributed by atoms with Crippen LogP contribution in [0.4, 0.5) is 0 Å². The van der Waals surface area contributed by atoms with E-state index in [1.54, 1.807) is 0 Å². The minimum Gasteiger partial charge on any atom is -0.289 e. The molecule has 0 amide bonds. The summed E-state index contributed by atoms with van der Waals surface area (Å²) in [5.74, 6) is 0.250. The van der Waals surface area contributed by atoms with Crippen LogP contribution >= 0.6 is 0 Å². The molecule has 84 valence electrons. The van der Waals surface area contributed by atoms with Crippen LogP contribution in [0.5, 0.6) is 0 Å². The average molecular weight is 206 g/mol. The molecule has 0 heterocycles. The molecule has 1 heteroatoms. The molecule has 0 aromatic heterocycles. The fourth-order valence-corrected chi connectivity index (χ4v) is 1.74. The molecular weight excluding hydrogens is 184 g/mol. The SMILES string of the molecule is CC(C)(C)/C=C1\C/C(=C\C(C)(C)C)C1=O. The van der Waals surface area contributed by atoms with Crippen LogP contribution in [0.2, 0.25) is 0 Å². The third-order valence-electron chi connectivity index (χ3n) is 2.18. The molecule has 1 aliphatic rings. The fraction of sp³-hybridized carbons (Fsp3) is 0.643. The van der Waals surface area contributed by atoms with Gasteiger partial charge >= 0.3 is 0 Å². The number of hydrogen-bond donors (Lipinski definition) is 0. The van der Waals surface area contributed by atoms with E-state index >= 15 is 0 Å². The summed E-state index contributed by atoms with van der Waals surface area (Å²) in [5.41, 5.74) is 2.19. The van der Waals surface area contributed by atoms with Gasteiger partial charge in [-0.25, -0.2) is 0 Å². The summed E-state index contributed by atoms with van der Waals surface area (Å²) in [4.78, 5) is 11.8. The summed E-state index contributed by atoms with van der Waals surface area (Å²) in [5, 5.41) is 0. The topological polar surface area (TPSA) is 17.1 Å². The van der Waals surface area contributed by atoms with Crippen LogP contribution in [-0.2, 0) is 4.79 Å². The molecule has 15 heavy (non-hydrogen) atoms. The van der Waals surface area contributed by atoms with Gasteiger partial charge in [0.15, 0.2) is 5.78 Å². The smallest absolute Gasteiger partial charge is 0.185 e. The molecule has 0 atom stereocenters. The number of rotatable bonds is 0. The number of carbonyl (C=O) groups is 1. The van der Waals surface area contributed by atoms with E-state index in [-0.39, 0.29) is 16.6 Å². The minimum atomic E-state index is 0.109. The first-order valence-corrected chi connectivity index (χ1v) is 5.57. The third kappa shape index (κ3) is 3.65. The van der Waals surface area contributed by atoms with Crippen molar-refractivity contribution in [2.45, 2.75) is 48.0 Å². The molecule has 0 unspecified atom stereocenters. The van der Waals surface area contributed by atoms with E-state index in [0.29, 0.717) is 0 Å². The lowest BCUT2D eigenvalue weighted by Gasteiger charge is -2.26. The van der Waals surface area contributed by atoms with Crippen molar-refractivity contribution < 1.29 is 4.79 Å². The van der Waals surface area contributed by atoms with E-state index < -0.39 is 0 Å².